The number of benzene rings is 2. The second-order valence-electron chi connectivity index (χ2n) is 14.4. The molecule has 0 amide bonds. The molecule has 2 saturated carbocycles. The molecule has 1 N–H and O–H groups in total. The van der Waals surface area contributed by atoms with Gasteiger partial charge in [-0.3, -0.25) is 0 Å². The van der Waals surface area contributed by atoms with E-state index in [4.69, 9.17) is 14.6 Å². The van der Waals surface area contributed by atoms with Crippen LogP contribution >= 0.6 is 0 Å². The standard InChI is InChI=1S/C41H52F4O5/c1-5-6-7-8-27-9-11-28(12-10-27)29-13-15-30(16-14-29)32-19-34(42)39(35(43)20-32)33-21-36(44)38(37(45)22-33)31(24-50-40(47)25(2)3)17-18-49-41(48)26(4)23-46/h19-22,27-31,46H,2,4-18,23-24H2,1,3H3. The Kier molecular flexibility index (Phi) is 14.7. The number of aliphatic hydroxyl groups excluding tert-OH is 1. The second kappa shape index (κ2) is 18.7. The minimum atomic E-state index is -1.12. The molecule has 0 spiro atoms. The van der Waals surface area contributed by atoms with E-state index in [0.717, 1.165) is 49.7 Å². The highest BCUT2D eigenvalue weighted by molar-refractivity contribution is 5.88. The molecule has 2 fully saturated rings. The maximum Gasteiger partial charge on any atom is 0.335 e. The number of rotatable bonds is 16. The third-order valence-corrected chi connectivity index (χ3v) is 10.8. The van der Waals surface area contributed by atoms with Crippen molar-refractivity contribution in [2.45, 2.75) is 109 Å². The van der Waals surface area contributed by atoms with Gasteiger partial charge < -0.3 is 14.6 Å². The van der Waals surface area contributed by atoms with Crippen LogP contribution in [0.25, 0.3) is 11.1 Å². The van der Waals surface area contributed by atoms with Gasteiger partial charge in [0.25, 0.3) is 0 Å². The molecule has 274 valence electrons. The molecule has 0 radical (unpaired) electrons. The number of hydrogen-bond donors (Lipinski definition) is 1. The Balaban J connectivity index is 1.44. The van der Waals surface area contributed by atoms with Crippen LogP contribution in [0.2, 0.25) is 0 Å². The first kappa shape index (κ1) is 39.3. The van der Waals surface area contributed by atoms with E-state index >= 15 is 17.6 Å². The van der Waals surface area contributed by atoms with Crippen molar-refractivity contribution in [3.05, 3.63) is 83.0 Å². The molecule has 2 aliphatic rings. The Morgan fingerprint density at radius 1 is 0.820 bits per heavy atom. The SMILES string of the molecule is C=C(C)C(=O)OCC(CCOC(=O)C(=C)CO)c1c(F)cc(-c2c(F)cc(C3CCC(C4CCC(CCCCC)CC4)CC3)cc2F)cc1F. The first-order valence-electron chi connectivity index (χ1n) is 18.2. The summed E-state index contributed by atoms with van der Waals surface area (Å²) in [6, 6.07) is 4.30. The molecule has 4 rings (SSSR count). The number of esters is 2. The summed E-state index contributed by atoms with van der Waals surface area (Å²) in [5.41, 5.74) is -0.877. The fourth-order valence-corrected chi connectivity index (χ4v) is 7.85. The minimum Gasteiger partial charge on any atom is -0.462 e. The highest BCUT2D eigenvalue weighted by Crippen LogP contribution is 2.45. The van der Waals surface area contributed by atoms with Crippen LogP contribution in [0.5, 0.6) is 0 Å². The van der Waals surface area contributed by atoms with Crippen LogP contribution in [0, 0.1) is 41.0 Å². The Labute approximate surface area is 294 Å². The maximum atomic E-state index is 15.6. The van der Waals surface area contributed by atoms with Crippen molar-refractivity contribution in [3.63, 3.8) is 0 Å². The maximum absolute atomic E-state index is 15.6. The third kappa shape index (κ3) is 10.3. The molecule has 0 bridgehead atoms. The summed E-state index contributed by atoms with van der Waals surface area (Å²) in [6.45, 7) is 9.08. The lowest BCUT2D eigenvalue weighted by atomic mass is 9.68. The van der Waals surface area contributed by atoms with E-state index in [1.165, 1.54) is 70.4 Å². The van der Waals surface area contributed by atoms with Gasteiger partial charge in [0.2, 0.25) is 0 Å². The van der Waals surface area contributed by atoms with E-state index in [2.05, 4.69) is 20.1 Å². The molecular formula is C41H52F4O5. The summed E-state index contributed by atoms with van der Waals surface area (Å²) in [4.78, 5) is 23.9. The lowest BCUT2D eigenvalue weighted by Gasteiger charge is -2.38. The number of aliphatic hydroxyl groups is 1. The van der Waals surface area contributed by atoms with Gasteiger partial charge in [-0.05, 0) is 111 Å². The lowest BCUT2D eigenvalue weighted by molar-refractivity contribution is -0.142. The van der Waals surface area contributed by atoms with Gasteiger partial charge in [0.05, 0.1) is 31.0 Å². The normalized spacial score (nSPS) is 21.3. The number of carbonyl (C=O) groups is 2. The third-order valence-electron chi connectivity index (χ3n) is 10.8. The summed E-state index contributed by atoms with van der Waals surface area (Å²) >= 11 is 0. The monoisotopic (exact) mass is 700 g/mol. The molecule has 0 heterocycles. The van der Waals surface area contributed by atoms with Gasteiger partial charge in [0, 0.05) is 17.1 Å². The van der Waals surface area contributed by atoms with Crippen molar-refractivity contribution in [3.8, 4) is 11.1 Å². The highest BCUT2D eigenvalue weighted by Gasteiger charge is 2.32. The quantitative estimate of drug-likeness (QED) is 0.0817. The van der Waals surface area contributed by atoms with Gasteiger partial charge in [0.15, 0.2) is 0 Å². The van der Waals surface area contributed by atoms with Crippen LogP contribution in [0.15, 0.2) is 48.6 Å². The van der Waals surface area contributed by atoms with Crippen LogP contribution < -0.4 is 0 Å². The van der Waals surface area contributed by atoms with E-state index in [0.29, 0.717) is 11.5 Å². The number of ether oxygens (including phenoxy) is 2. The lowest BCUT2D eigenvalue weighted by Crippen LogP contribution is -2.25. The molecule has 0 aliphatic heterocycles. The number of hydrogen-bond acceptors (Lipinski definition) is 5. The first-order valence-corrected chi connectivity index (χ1v) is 18.2. The molecule has 50 heavy (non-hydrogen) atoms. The first-order chi connectivity index (χ1) is 23.9. The largest absolute Gasteiger partial charge is 0.462 e. The van der Waals surface area contributed by atoms with Crippen LogP contribution in [0.4, 0.5) is 17.6 Å². The zero-order valence-corrected chi connectivity index (χ0v) is 29.5. The molecule has 0 aromatic heterocycles. The van der Waals surface area contributed by atoms with Gasteiger partial charge in [-0.25, -0.2) is 27.2 Å². The van der Waals surface area contributed by atoms with Crippen molar-refractivity contribution in [1.82, 2.24) is 0 Å². The van der Waals surface area contributed by atoms with Crippen molar-refractivity contribution in [1.29, 1.82) is 0 Å². The highest BCUT2D eigenvalue weighted by atomic mass is 19.1. The predicted molar refractivity (Wildman–Crippen MR) is 186 cm³/mol. The minimum absolute atomic E-state index is 0.0249. The molecule has 5 nitrogen and oxygen atoms in total. The number of carbonyl (C=O) groups excluding carboxylic acids is 2. The van der Waals surface area contributed by atoms with Crippen molar-refractivity contribution < 1.29 is 41.7 Å². The van der Waals surface area contributed by atoms with E-state index in [9.17, 15) is 9.59 Å². The zero-order chi connectivity index (χ0) is 36.4. The Bertz CT molecular complexity index is 1460. The molecule has 1 unspecified atom stereocenters. The van der Waals surface area contributed by atoms with Crippen molar-refractivity contribution >= 4 is 11.9 Å². The summed E-state index contributed by atoms with van der Waals surface area (Å²) in [7, 11) is 0. The summed E-state index contributed by atoms with van der Waals surface area (Å²) < 4.78 is 72.6. The van der Waals surface area contributed by atoms with Gasteiger partial charge in [-0.2, -0.15) is 0 Å². The predicted octanol–water partition coefficient (Wildman–Crippen LogP) is 10.3. The van der Waals surface area contributed by atoms with Crippen molar-refractivity contribution in [2.75, 3.05) is 19.8 Å². The zero-order valence-electron chi connectivity index (χ0n) is 29.5. The van der Waals surface area contributed by atoms with E-state index < -0.39 is 65.5 Å². The van der Waals surface area contributed by atoms with Crippen LogP contribution in [-0.2, 0) is 19.1 Å². The number of halogens is 4. The van der Waals surface area contributed by atoms with Crippen LogP contribution in [0.3, 0.4) is 0 Å². The van der Waals surface area contributed by atoms with E-state index in [1.54, 1.807) is 0 Å². The second-order valence-corrected chi connectivity index (χ2v) is 14.4. The summed E-state index contributed by atoms with van der Waals surface area (Å²) in [6.07, 6.45) is 14.1. The molecular weight excluding hydrogens is 648 g/mol. The molecule has 9 heteroatoms. The Hall–Kier alpha value is -3.46. The van der Waals surface area contributed by atoms with Crippen molar-refractivity contribution in [2.24, 2.45) is 17.8 Å². The van der Waals surface area contributed by atoms with Crippen LogP contribution in [-0.4, -0.2) is 36.9 Å². The Morgan fingerprint density at radius 2 is 1.40 bits per heavy atom. The van der Waals surface area contributed by atoms with Gasteiger partial charge >= 0.3 is 11.9 Å². The smallest absolute Gasteiger partial charge is 0.335 e. The Morgan fingerprint density at radius 3 is 1.94 bits per heavy atom. The van der Waals surface area contributed by atoms with Gasteiger partial charge in [-0.1, -0.05) is 58.6 Å². The molecule has 1 atom stereocenters. The molecule has 2 aromatic rings. The fourth-order valence-electron chi connectivity index (χ4n) is 7.85. The summed E-state index contributed by atoms with van der Waals surface area (Å²) in [5.74, 6) is -4.49. The molecule has 0 saturated heterocycles. The average molecular weight is 701 g/mol. The summed E-state index contributed by atoms with van der Waals surface area (Å²) in [5, 5.41) is 9.07. The van der Waals surface area contributed by atoms with E-state index in [-0.39, 0.29) is 35.7 Å². The number of unbranched alkanes of at least 4 members (excludes halogenated alkanes) is 2. The van der Waals surface area contributed by atoms with E-state index in [1.807, 2.05) is 0 Å². The molecule has 2 aliphatic carbocycles. The van der Waals surface area contributed by atoms with Gasteiger partial charge in [-0.15, -0.1) is 0 Å². The topological polar surface area (TPSA) is 72.8 Å². The average Bonchev–Trinajstić information content (AvgIpc) is 3.09. The van der Waals surface area contributed by atoms with Crippen LogP contribution in [0.1, 0.15) is 120 Å². The fraction of sp³-hybridized carbons (Fsp3) is 0.561. The molecule has 2 aromatic carbocycles. The van der Waals surface area contributed by atoms with Gasteiger partial charge in [0.1, 0.15) is 23.3 Å².